The van der Waals surface area contributed by atoms with Gasteiger partial charge in [0.2, 0.25) is 0 Å². The summed E-state index contributed by atoms with van der Waals surface area (Å²) < 4.78 is 0. The maximum Gasteiger partial charge on any atom is 0.0747 e. The molecule has 0 amide bonds. The summed E-state index contributed by atoms with van der Waals surface area (Å²) in [6.45, 7) is 4.37. The van der Waals surface area contributed by atoms with Gasteiger partial charge in [-0.25, -0.2) is 4.98 Å². The van der Waals surface area contributed by atoms with Gasteiger partial charge in [-0.2, -0.15) is 0 Å². The van der Waals surface area contributed by atoms with Gasteiger partial charge >= 0.3 is 0 Å². The number of aromatic nitrogens is 1. The molecule has 2 aromatic carbocycles. The predicted octanol–water partition coefficient (Wildman–Crippen LogP) is 5.88. The summed E-state index contributed by atoms with van der Waals surface area (Å²) in [5, 5.41) is 1.39. The van der Waals surface area contributed by atoms with E-state index in [0.29, 0.717) is 0 Å². The molecule has 23 heavy (non-hydrogen) atoms. The van der Waals surface area contributed by atoms with Gasteiger partial charge in [0.25, 0.3) is 0 Å². The normalized spacial score (nSPS) is 21.8. The molecule has 2 bridgehead atoms. The highest BCUT2D eigenvalue weighted by Gasteiger charge is 2.40. The Kier molecular flexibility index (Phi) is 2.70. The van der Waals surface area contributed by atoms with Crippen LogP contribution in [-0.4, -0.2) is 4.98 Å². The molecule has 5 rings (SSSR count). The van der Waals surface area contributed by atoms with Crippen LogP contribution in [0.4, 0.5) is 0 Å². The number of pyridine rings is 1. The van der Waals surface area contributed by atoms with Crippen molar-refractivity contribution in [1.29, 1.82) is 0 Å². The predicted molar refractivity (Wildman–Crippen MR) is 96.0 cm³/mol. The van der Waals surface area contributed by atoms with Crippen LogP contribution in [-0.2, 0) is 0 Å². The monoisotopic (exact) mass is 299 g/mol. The van der Waals surface area contributed by atoms with E-state index in [1.54, 1.807) is 11.1 Å². The average molecular weight is 299 g/mol. The standard InChI is InChI=1S/C22H21N/c1-13-9-14(2)11-17(10-13)22-21-16-8-7-15(12-16)20(21)18-5-3-4-6-19(18)23-22/h3-6,9-11,15-16H,7-8,12H2,1-2H3. The first-order valence-electron chi connectivity index (χ1n) is 8.72. The Hall–Kier alpha value is -2.15. The van der Waals surface area contributed by atoms with Crippen molar-refractivity contribution < 1.29 is 0 Å². The molecule has 0 spiro atoms. The van der Waals surface area contributed by atoms with Crippen LogP contribution in [0, 0.1) is 13.8 Å². The number of fused-ring (bicyclic) bond motifs is 7. The zero-order chi connectivity index (χ0) is 15.6. The highest BCUT2D eigenvalue weighted by atomic mass is 14.7. The lowest BCUT2D eigenvalue weighted by Gasteiger charge is -2.21. The summed E-state index contributed by atoms with van der Waals surface area (Å²) in [6.07, 6.45) is 4.04. The lowest BCUT2D eigenvalue weighted by molar-refractivity contribution is 0.720. The molecule has 0 aliphatic heterocycles. The van der Waals surface area contributed by atoms with Crippen molar-refractivity contribution in [2.45, 2.75) is 44.9 Å². The van der Waals surface area contributed by atoms with Crippen LogP contribution in [0.5, 0.6) is 0 Å². The molecule has 1 fully saturated rings. The number of benzene rings is 2. The van der Waals surface area contributed by atoms with Gasteiger partial charge < -0.3 is 0 Å². The van der Waals surface area contributed by atoms with Crippen LogP contribution in [0.25, 0.3) is 22.2 Å². The molecule has 2 unspecified atom stereocenters. The highest BCUT2D eigenvalue weighted by molar-refractivity contribution is 5.89. The zero-order valence-electron chi connectivity index (χ0n) is 13.8. The van der Waals surface area contributed by atoms with Gasteiger partial charge in [-0.15, -0.1) is 0 Å². The molecule has 1 heteroatoms. The molecule has 2 atom stereocenters. The zero-order valence-corrected chi connectivity index (χ0v) is 13.8. The minimum atomic E-state index is 0.725. The Morgan fingerprint density at radius 3 is 2.35 bits per heavy atom. The van der Waals surface area contributed by atoms with Crippen molar-refractivity contribution in [1.82, 2.24) is 4.98 Å². The van der Waals surface area contributed by atoms with E-state index in [1.165, 1.54) is 47.0 Å². The smallest absolute Gasteiger partial charge is 0.0747 e. The van der Waals surface area contributed by atoms with Gasteiger partial charge in [-0.3, -0.25) is 0 Å². The molecular weight excluding hydrogens is 278 g/mol. The van der Waals surface area contributed by atoms with Crippen LogP contribution < -0.4 is 0 Å². The first kappa shape index (κ1) is 13.3. The summed E-state index contributed by atoms with van der Waals surface area (Å²) in [7, 11) is 0. The van der Waals surface area contributed by atoms with E-state index >= 15 is 0 Å². The third-order valence-electron chi connectivity index (χ3n) is 5.72. The van der Waals surface area contributed by atoms with E-state index in [1.807, 2.05) is 0 Å². The molecule has 1 nitrogen and oxygen atoms in total. The fraction of sp³-hybridized carbons (Fsp3) is 0.318. The molecule has 1 aromatic heterocycles. The molecule has 114 valence electrons. The molecule has 2 aliphatic carbocycles. The topological polar surface area (TPSA) is 12.9 Å². The van der Waals surface area contributed by atoms with E-state index in [4.69, 9.17) is 4.98 Å². The van der Waals surface area contributed by atoms with E-state index in [0.717, 1.165) is 17.4 Å². The average Bonchev–Trinajstić information content (AvgIpc) is 3.15. The van der Waals surface area contributed by atoms with Gasteiger partial charge in [0.05, 0.1) is 11.2 Å². The SMILES string of the molecule is Cc1cc(C)cc(-c2nc3ccccc3c3c2C2CCC3C2)c1. The second-order valence-electron chi connectivity index (χ2n) is 7.39. The van der Waals surface area contributed by atoms with Crippen molar-refractivity contribution >= 4 is 10.9 Å². The van der Waals surface area contributed by atoms with Crippen LogP contribution in [0.2, 0.25) is 0 Å². The Morgan fingerprint density at radius 1 is 0.870 bits per heavy atom. The minimum absolute atomic E-state index is 0.725. The van der Waals surface area contributed by atoms with Crippen LogP contribution >= 0.6 is 0 Å². The fourth-order valence-corrected chi connectivity index (χ4v) is 4.94. The Labute approximate surface area is 137 Å². The number of rotatable bonds is 1. The van der Waals surface area contributed by atoms with Gasteiger partial charge in [0.15, 0.2) is 0 Å². The molecule has 3 aromatic rings. The number of para-hydroxylation sites is 1. The Bertz CT molecular complexity index is 918. The summed E-state index contributed by atoms with van der Waals surface area (Å²) in [5.41, 5.74) is 9.53. The summed E-state index contributed by atoms with van der Waals surface area (Å²) in [4.78, 5) is 5.12. The van der Waals surface area contributed by atoms with Crippen molar-refractivity contribution in [3.63, 3.8) is 0 Å². The minimum Gasteiger partial charge on any atom is -0.247 e. The third kappa shape index (κ3) is 1.89. The largest absolute Gasteiger partial charge is 0.247 e. The molecule has 1 heterocycles. The van der Waals surface area contributed by atoms with E-state index in [9.17, 15) is 0 Å². The van der Waals surface area contributed by atoms with E-state index in [2.05, 4.69) is 56.3 Å². The Morgan fingerprint density at radius 2 is 1.57 bits per heavy atom. The molecule has 0 saturated heterocycles. The summed E-state index contributed by atoms with van der Waals surface area (Å²) in [5.74, 6) is 1.48. The Balaban J connectivity index is 1.87. The van der Waals surface area contributed by atoms with Gasteiger partial charge in [-0.1, -0.05) is 35.4 Å². The molecular formula is C22H21N. The lowest BCUT2D eigenvalue weighted by atomic mass is 9.86. The lowest BCUT2D eigenvalue weighted by Crippen LogP contribution is -2.04. The van der Waals surface area contributed by atoms with Crippen LogP contribution in [0.15, 0.2) is 42.5 Å². The summed E-state index contributed by atoms with van der Waals surface area (Å²) in [6, 6.07) is 15.6. The van der Waals surface area contributed by atoms with Crippen LogP contribution in [0.1, 0.15) is 53.4 Å². The van der Waals surface area contributed by atoms with Gasteiger partial charge in [0, 0.05) is 10.9 Å². The van der Waals surface area contributed by atoms with Crippen molar-refractivity contribution in [3.8, 4) is 11.3 Å². The molecule has 0 radical (unpaired) electrons. The van der Waals surface area contributed by atoms with E-state index in [-0.39, 0.29) is 0 Å². The number of aryl methyl sites for hydroxylation is 2. The fourth-order valence-electron chi connectivity index (χ4n) is 4.94. The maximum absolute atomic E-state index is 5.12. The quantitative estimate of drug-likeness (QED) is 0.546. The highest BCUT2D eigenvalue weighted by Crippen LogP contribution is 2.57. The molecule has 1 saturated carbocycles. The molecule has 2 aliphatic rings. The first-order chi connectivity index (χ1) is 11.2. The molecule has 0 N–H and O–H groups in total. The first-order valence-corrected chi connectivity index (χ1v) is 8.72. The van der Waals surface area contributed by atoms with Crippen molar-refractivity contribution in [2.24, 2.45) is 0 Å². The number of nitrogens with zero attached hydrogens (tertiary/aromatic N) is 1. The van der Waals surface area contributed by atoms with E-state index < -0.39 is 0 Å². The second kappa shape index (κ2) is 4.67. The van der Waals surface area contributed by atoms with Crippen LogP contribution in [0.3, 0.4) is 0 Å². The van der Waals surface area contributed by atoms with Gasteiger partial charge in [-0.05, 0) is 74.3 Å². The second-order valence-corrected chi connectivity index (χ2v) is 7.39. The third-order valence-corrected chi connectivity index (χ3v) is 5.72. The van der Waals surface area contributed by atoms with Crippen molar-refractivity contribution in [2.75, 3.05) is 0 Å². The number of hydrogen-bond acceptors (Lipinski definition) is 1. The number of hydrogen-bond donors (Lipinski definition) is 0. The van der Waals surface area contributed by atoms with Crippen molar-refractivity contribution in [3.05, 3.63) is 64.7 Å². The maximum atomic E-state index is 5.12. The van der Waals surface area contributed by atoms with Gasteiger partial charge in [0.1, 0.15) is 0 Å². The summed E-state index contributed by atoms with van der Waals surface area (Å²) >= 11 is 0.